The van der Waals surface area contributed by atoms with Crippen LogP contribution in [0.15, 0.2) is 23.0 Å². The molecule has 126 valence electrons. The summed E-state index contributed by atoms with van der Waals surface area (Å²) in [4.78, 5) is 27.1. The van der Waals surface area contributed by atoms with Crippen molar-refractivity contribution in [3.63, 3.8) is 0 Å². The lowest BCUT2D eigenvalue weighted by atomic mass is 9.93. The van der Waals surface area contributed by atoms with E-state index < -0.39 is 5.97 Å². The van der Waals surface area contributed by atoms with Crippen molar-refractivity contribution in [2.75, 3.05) is 7.11 Å². The lowest BCUT2D eigenvalue weighted by Gasteiger charge is -2.34. The van der Waals surface area contributed by atoms with Crippen LogP contribution in [0.3, 0.4) is 0 Å². The van der Waals surface area contributed by atoms with Gasteiger partial charge in [0.25, 0.3) is 0 Å². The standard InChI is InChI=1S/C19H27NO3/c1-13-17(19(22)23-2)18(21)16(12-14-8-6-7-9-14)20(13)15-10-4-3-5-11-15/h12,14-15H,3-11H2,1-2H3/b16-12+. The van der Waals surface area contributed by atoms with Gasteiger partial charge < -0.3 is 9.64 Å². The Morgan fingerprint density at radius 3 is 2.30 bits per heavy atom. The highest BCUT2D eigenvalue weighted by Gasteiger charge is 2.41. The van der Waals surface area contributed by atoms with E-state index in [9.17, 15) is 9.59 Å². The molecule has 0 spiro atoms. The van der Waals surface area contributed by atoms with Gasteiger partial charge in [0, 0.05) is 11.7 Å². The van der Waals surface area contributed by atoms with Crippen molar-refractivity contribution >= 4 is 11.8 Å². The smallest absolute Gasteiger partial charge is 0.343 e. The molecule has 0 N–H and O–H groups in total. The van der Waals surface area contributed by atoms with E-state index in [4.69, 9.17) is 4.74 Å². The third-order valence-electron chi connectivity index (χ3n) is 5.57. The zero-order valence-electron chi connectivity index (χ0n) is 14.3. The fraction of sp³-hybridized carbons (Fsp3) is 0.684. The first-order chi connectivity index (χ1) is 11.1. The maximum Gasteiger partial charge on any atom is 0.343 e. The molecule has 1 aliphatic heterocycles. The Hall–Kier alpha value is -1.58. The van der Waals surface area contributed by atoms with Crippen LogP contribution >= 0.6 is 0 Å². The molecule has 0 bridgehead atoms. The number of hydrogen-bond donors (Lipinski definition) is 0. The van der Waals surface area contributed by atoms with Crippen molar-refractivity contribution in [1.82, 2.24) is 4.90 Å². The van der Waals surface area contributed by atoms with Gasteiger partial charge in [0.1, 0.15) is 5.57 Å². The first kappa shape index (κ1) is 16.3. The number of esters is 1. The predicted molar refractivity (Wildman–Crippen MR) is 88.5 cm³/mol. The second kappa shape index (κ2) is 6.90. The Labute approximate surface area is 138 Å². The third kappa shape index (κ3) is 3.08. The summed E-state index contributed by atoms with van der Waals surface area (Å²) in [5.41, 5.74) is 1.77. The molecule has 0 aromatic heterocycles. The van der Waals surface area contributed by atoms with Gasteiger partial charge >= 0.3 is 5.97 Å². The van der Waals surface area contributed by atoms with Crippen LogP contribution in [0.1, 0.15) is 64.7 Å². The van der Waals surface area contributed by atoms with Crippen molar-refractivity contribution < 1.29 is 14.3 Å². The Balaban J connectivity index is 1.95. The molecule has 4 nitrogen and oxygen atoms in total. The summed E-state index contributed by atoms with van der Waals surface area (Å²) in [5.74, 6) is -0.153. The number of hydrogen-bond acceptors (Lipinski definition) is 4. The predicted octanol–water partition coefficient (Wildman–Crippen LogP) is 3.72. The zero-order valence-corrected chi connectivity index (χ0v) is 14.3. The molecule has 0 radical (unpaired) electrons. The summed E-state index contributed by atoms with van der Waals surface area (Å²) in [6, 6.07) is 0.350. The second-order valence-electron chi connectivity index (χ2n) is 7.04. The van der Waals surface area contributed by atoms with Crippen molar-refractivity contribution in [3.05, 3.63) is 23.0 Å². The molecule has 0 aromatic carbocycles. The van der Waals surface area contributed by atoms with E-state index in [1.165, 1.54) is 39.2 Å². The van der Waals surface area contributed by atoms with Crippen molar-refractivity contribution in [3.8, 4) is 0 Å². The van der Waals surface area contributed by atoms with Gasteiger partial charge in [-0.1, -0.05) is 38.2 Å². The highest BCUT2D eigenvalue weighted by Crippen LogP contribution is 2.38. The van der Waals surface area contributed by atoms with Crippen LogP contribution in [0.2, 0.25) is 0 Å². The fourth-order valence-corrected chi connectivity index (χ4v) is 4.36. The monoisotopic (exact) mass is 317 g/mol. The SMILES string of the molecule is COC(=O)C1=C(C)N(C2CCCCC2)/C(=C/C2CCCC2)C1=O. The number of carbonyl (C=O) groups is 2. The van der Waals surface area contributed by atoms with Crippen molar-refractivity contribution in [2.24, 2.45) is 5.92 Å². The minimum Gasteiger partial charge on any atom is -0.465 e. The highest BCUT2D eigenvalue weighted by molar-refractivity contribution is 6.26. The number of rotatable bonds is 3. The number of ketones is 1. The van der Waals surface area contributed by atoms with Crippen LogP contribution in [0.5, 0.6) is 0 Å². The summed E-state index contributed by atoms with van der Waals surface area (Å²) >= 11 is 0. The fourth-order valence-electron chi connectivity index (χ4n) is 4.36. The van der Waals surface area contributed by atoms with Gasteiger partial charge in [-0.15, -0.1) is 0 Å². The van der Waals surface area contributed by atoms with Crippen molar-refractivity contribution in [2.45, 2.75) is 70.8 Å². The average Bonchev–Trinajstić information content (AvgIpc) is 3.15. The Morgan fingerprint density at radius 1 is 1.09 bits per heavy atom. The van der Waals surface area contributed by atoms with E-state index in [1.54, 1.807) is 0 Å². The molecule has 0 atom stereocenters. The van der Waals surface area contributed by atoms with E-state index in [2.05, 4.69) is 11.0 Å². The Morgan fingerprint density at radius 2 is 1.70 bits per heavy atom. The van der Waals surface area contributed by atoms with Crippen LogP contribution < -0.4 is 0 Å². The number of methoxy groups -OCH3 is 1. The summed E-state index contributed by atoms with van der Waals surface area (Å²) in [5, 5.41) is 0. The number of nitrogens with zero attached hydrogens (tertiary/aromatic N) is 1. The molecule has 0 unspecified atom stereocenters. The Kier molecular flexibility index (Phi) is 4.88. The Bertz CT molecular complexity index is 549. The molecule has 0 aromatic rings. The van der Waals surface area contributed by atoms with E-state index in [0.717, 1.165) is 37.1 Å². The van der Waals surface area contributed by atoms with Crippen LogP contribution in [0, 0.1) is 5.92 Å². The number of allylic oxidation sites excluding steroid dienone is 3. The lowest BCUT2D eigenvalue weighted by molar-refractivity contribution is -0.137. The molecular formula is C19H27NO3. The molecular weight excluding hydrogens is 290 g/mol. The first-order valence-corrected chi connectivity index (χ1v) is 8.98. The quantitative estimate of drug-likeness (QED) is 0.452. The molecule has 2 aliphatic carbocycles. The maximum atomic E-state index is 12.9. The largest absolute Gasteiger partial charge is 0.465 e. The van der Waals surface area contributed by atoms with E-state index >= 15 is 0 Å². The average molecular weight is 317 g/mol. The van der Waals surface area contributed by atoms with Crippen molar-refractivity contribution in [1.29, 1.82) is 0 Å². The summed E-state index contributed by atoms with van der Waals surface area (Å²) in [6.07, 6.45) is 12.8. The molecule has 0 saturated heterocycles. The first-order valence-electron chi connectivity index (χ1n) is 8.98. The van der Waals surface area contributed by atoms with Gasteiger partial charge in [0.05, 0.1) is 12.8 Å². The van der Waals surface area contributed by atoms with Gasteiger partial charge in [0.2, 0.25) is 5.78 Å². The van der Waals surface area contributed by atoms with Crippen LogP contribution in [-0.2, 0) is 14.3 Å². The van der Waals surface area contributed by atoms with Crippen LogP contribution in [-0.4, -0.2) is 29.8 Å². The number of ether oxygens (including phenoxy) is 1. The zero-order chi connectivity index (χ0) is 16.4. The topological polar surface area (TPSA) is 46.6 Å². The molecule has 0 amide bonds. The molecule has 3 aliphatic rings. The van der Waals surface area contributed by atoms with Gasteiger partial charge in [-0.05, 0) is 38.5 Å². The highest BCUT2D eigenvalue weighted by atomic mass is 16.5. The van der Waals surface area contributed by atoms with E-state index in [1.807, 2.05) is 6.92 Å². The minimum atomic E-state index is -0.497. The lowest BCUT2D eigenvalue weighted by Crippen LogP contribution is -2.33. The van der Waals surface area contributed by atoms with Gasteiger partial charge in [-0.2, -0.15) is 0 Å². The molecule has 2 fully saturated rings. The van der Waals surface area contributed by atoms with Gasteiger partial charge in [-0.25, -0.2) is 4.79 Å². The third-order valence-corrected chi connectivity index (χ3v) is 5.57. The summed E-state index contributed by atoms with van der Waals surface area (Å²) < 4.78 is 4.86. The van der Waals surface area contributed by atoms with E-state index in [-0.39, 0.29) is 11.4 Å². The molecule has 3 rings (SSSR count). The number of Topliss-reactive ketones (excluding diaryl/α,β-unsaturated/α-hetero) is 1. The van der Waals surface area contributed by atoms with E-state index in [0.29, 0.717) is 12.0 Å². The summed E-state index contributed by atoms with van der Waals surface area (Å²) in [6.45, 7) is 1.90. The molecule has 23 heavy (non-hydrogen) atoms. The van der Waals surface area contributed by atoms with Gasteiger partial charge in [-0.3, -0.25) is 4.79 Å². The molecule has 1 heterocycles. The minimum absolute atomic E-state index is 0.133. The van der Waals surface area contributed by atoms with Crippen LogP contribution in [0.4, 0.5) is 0 Å². The second-order valence-corrected chi connectivity index (χ2v) is 7.04. The normalized spacial score (nSPS) is 25.7. The molecule has 2 saturated carbocycles. The van der Waals surface area contributed by atoms with Gasteiger partial charge in [0.15, 0.2) is 0 Å². The maximum absolute atomic E-state index is 12.9. The number of carbonyl (C=O) groups excluding carboxylic acids is 2. The molecule has 4 heteroatoms. The van der Waals surface area contributed by atoms with Crippen LogP contribution in [0.25, 0.3) is 0 Å². The summed E-state index contributed by atoms with van der Waals surface area (Å²) in [7, 11) is 1.35.